The number of benzene rings is 2. The van der Waals surface area contributed by atoms with Gasteiger partial charge in [0.1, 0.15) is 17.5 Å². The van der Waals surface area contributed by atoms with Gasteiger partial charge in [0.15, 0.2) is 11.5 Å². The Morgan fingerprint density at radius 3 is 2.54 bits per heavy atom. The monoisotopic (exact) mass is 380 g/mol. The second-order valence-electron chi connectivity index (χ2n) is 5.48. The van der Waals surface area contributed by atoms with Gasteiger partial charge in [-0.2, -0.15) is 5.26 Å². The fourth-order valence-electron chi connectivity index (χ4n) is 2.18. The predicted octanol–water partition coefficient (Wildman–Crippen LogP) is 3.26. The second-order valence-corrected chi connectivity index (χ2v) is 5.48. The van der Waals surface area contributed by atoms with Crippen molar-refractivity contribution in [2.24, 2.45) is 0 Å². The lowest BCUT2D eigenvalue weighted by Crippen LogP contribution is -2.24. The van der Waals surface area contributed by atoms with Crippen LogP contribution in [0.5, 0.6) is 11.5 Å². The van der Waals surface area contributed by atoms with Crippen LogP contribution < -0.4 is 14.8 Å². The maximum Gasteiger partial charge on any atom is 0.343 e. The van der Waals surface area contributed by atoms with Crippen LogP contribution in [-0.4, -0.2) is 25.5 Å². The van der Waals surface area contributed by atoms with Gasteiger partial charge in [-0.1, -0.05) is 12.1 Å². The Labute approximate surface area is 161 Å². The zero-order valence-corrected chi connectivity index (χ0v) is 15.1. The number of nitriles is 1. The van der Waals surface area contributed by atoms with E-state index in [1.54, 1.807) is 6.07 Å². The van der Waals surface area contributed by atoms with E-state index in [-0.39, 0.29) is 29.2 Å². The van der Waals surface area contributed by atoms with Crippen LogP contribution in [0.25, 0.3) is 6.08 Å². The van der Waals surface area contributed by atoms with E-state index in [1.165, 1.54) is 43.5 Å². The SMILES string of the molecule is C=CCNC(=O)/C(C#N)=C/c1ccc(OC(=O)c2ccc(F)cc2)c(OC)c1. The second kappa shape index (κ2) is 9.69. The van der Waals surface area contributed by atoms with Gasteiger partial charge in [0, 0.05) is 6.54 Å². The fraction of sp³-hybridized carbons (Fsp3) is 0.0952. The molecule has 2 aromatic rings. The van der Waals surface area contributed by atoms with Crippen LogP contribution in [0.15, 0.2) is 60.7 Å². The number of rotatable bonds is 7. The lowest BCUT2D eigenvalue weighted by Gasteiger charge is -2.10. The number of carbonyl (C=O) groups excluding carboxylic acids is 2. The molecule has 6 nitrogen and oxygen atoms in total. The Kier molecular flexibility index (Phi) is 7.06. The van der Waals surface area contributed by atoms with Gasteiger partial charge in [-0.05, 0) is 48.0 Å². The molecule has 0 aliphatic heterocycles. The molecule has 28 heavy (non-hydrogen) atoms. The molecule has 0 spiro atoms. The lowest BCUT2D eigenvalue weighted by atomic mass is 10.1. The van der Waals surface area contributed by atoms with E-state index >= 15 is 0 Å². The maximum atomic E-state index is 13.0. The van der Waals surface area contributed by atoms with Gasteiger partial charge < -0.3 is 14.8 Å². The zero-order valence-electron chi connectivity index (χ0n) is 15.1. The van der Waals surface area contributed by atoms with E-state index in [1.807, 2.05) is 6.07 Å². The van der Waals surface area contributed by atoms with E-state index in [0.29, 0.717) is 5.56 Å². The number of amides is 1. The number of nitrogens with zero attached hydrogens (tertiary/aromatic N) is 1. The quantitative estimate of drug-likeness (QED) is 0.262. The molecule has 7 heteroatoms. The number of carbonyl (C=O) groups is 2. The summed E-state index contributed by atoms with van der Waals surface area (Å²) in [6.07, 6.45) is 2.88. The van der Waals surface area contributed by atoms with Gasteiger partial charge in [0.2, 0.25) is 0 Å². The summed E-state index contributed by atoms with van der Waals surface area (Å²) < 4.78 is 23.5. The highest BCUT2D eigenvalue weighted by atomic mass is 19.1. The largest absolute Gasteiger partial charge is 0.493 e. The van der Waals surface area contributed by atoms with Crippen molar-refractivity contribution in [3.05, 3.63) is 77.6 Å². The van der Waals surface area contributed by atoms with Crippen molar-refractivity contribution in [3.8, 4) is 17.6 Å². The molecule has 0 unspecified atom stereocenters. The average molecular weight is 380 g/mol. The Bertz CT molecular complexity index is 959. The summed E-state index contributed by atoms with van der Waals surface area (Å²) >= 11 is 0. The van der Waals surface area contributed by atoms with Crippen molar-refractivity contribution in [1.82, 2.24) is 5.32 Å². The molecule has 142 valence electrons. The standard InChI is InChI=1S/C21H17FN2O4/c1-3-10-24-20(25)16(13-23)11-14-4-9-18(19(12-14)27-2)28-21(26)15-5-7-17(22)8-6-15/h3-9,11-12H,1,10H2,2H3,(H,24,25)/b16-11+. The minimum atomic E-state index is -0.678. The Hall–Kier alpha value is -3.92. The van der Waals surface area contributed by atoms with Crippen molar-refractivity contribution in [1.29, 1.82) is 5.26 Å². The Morgan fingerprint density at radius 1 is 1.21 bits per heavy atom. The molecule has 0 radical (unpaired) electrons. The zero-order chi connectivity index (χ0) is 20.5. The van der Waals surface area contributed by atoms with Crippen molar-refractivity contribution in [2.45, 2.75) is 0 Å². The van der Waals surface area contributed by atoms with E-state index in [4.69, 9.17) is 9.47 Å². The molecule has 0 fully saturated rings. The van der Waals surface area contributed by atoms with Crippen molar-refractivity contribution < 1.29 is 23.5 Å². The topological polar surface area (TPSA) is 88.4 Å². The molecule has 1 N–H and O–H groups in total. The number of esters is 1. The molecule has 2 rings (SSSR count). The first-order valence-corrected chi connectivity index (χ1v) is 8.15. The third-order valence-electron chi connectivity index (χ3n) is 3.55. The van der Waals surface area contributed by atoms with Gasteiger partial charge in [0.25, 0.3) is 5.91 Å². The van der Waals surface area contributed by atoms with Crippen molar-refractivity contribution >= 4 is 18.0 Å². The molecular weight excluding hydrogens is 363 g/mol. The van der Waals surface area contributed by atoms with E-state index < -0.39 is 17.7 Å². The summed E-state index contributed by atoms with van der Waals surface area (Å²) in [5.74, 6) is -1.30. The fourth-order valence-corrected chi connectivity index (χ4v) is 2.18. The first-order valence-electron chi connectivity index (χ1n) is 8.15. The molecule has 0 aliphatic carbocycles. The third-order valence-corrected chi connectivity index (χ3v) is 3.55. The van der Waals surface area contributed by atoms with Crippen LogP contribution in [-0.2, 0) is 4.79 Å². The first-order chi connectivity index (χ1) is 13.5. The van der Waals surface area contributed by atoms with E-state index in [2.05, 4.69) is 11.9 Å². The molecule has 0 aromatic heterocycles. The van der Waals surface area contributed by atoms with E-state index in [9.17, 15) is 19.2 Å². The molecule has 0 bridgehead atoms. The minimum Gasteiger partial charge on any atom is -0.493 e. The highest BCUT2D eigenvalue weighted by Crippen LogP contribution is 2.29. The van der Waals surface area contributed by atoms with Gasteiger partial charge in [-0.25, -0.2) is 9.18 Å². The van der Waals surface area contributed by atoms with Gasteiger partial charge in [-0.3, -0.25) is 4.79 Å². The average Bonchev–Trinajstić information content (AvgIpc) is 2.71. The number of hydrogen-bond acceptors (Lipinski definition) is 5. The number of methoxy groups -OCH3 is 1. The number of nitrogens with one attached hydrogen (secondary N) is 1. The Balaban J connectivity index is 2.23. The summed E-state index contributed by atoms with van der Waals surface area (Å²) in [7, 11) is 1.39. The number of ether oxygens (including phenoxy) is 2. The molecule has 0 saturated carbocycles. The summed E-state index contributed by atoms with van der Waals surface area (Å²) in [4.78, 5) is 24.1. The first kappa shape index (κ1) is 20.4. The number of halogens is 1. The summed E-state index contributed by atoms with van der Waals surface area (Å²) in [6, 6.07) is 11.3. The van der Waals surface area contributed by atoms with Gasteiger partial charge >= 0.3 is 5.97 Å². The highest BCUT2D eigenvalue weighted by Gasteiger charge is 2.14. The molecular formula is C21H17FN2O4. The minimum absolute atomic E-state index is 0.0973. The molecule has 0 aliphatic rings. The summed E-state index contributed by atoms with van der Waals surface area (Å²) in [5, 5.41) is 11.7. The van der Waals surface area contributed by atoms with E-state index in [0.717, 1.165) is 12.1 Å². The van der Waals surface area contributed by atoms with Crippen LogP contribution in [0.4, 0.5) is 4.39 Å². The van der Waals surface area contributed by atoms with Crippen molar-refractivity contribution in [2.75, 3.05) is 13.7 Å². The maximum absolute atomic E-state index is 13.0. The lowest BCUT2D eigenvalue weighted by molar-refractivity contribution is -0.116. The number of hydrogen-bond donors (Lipinski definition) is 1. The molecule has 0 saturated heterocycles. The molecule has 1 amide bonds. The normalized spacial score (nSPS) is 10.5. The van der Waals surface area contributed by atoms with Crippen LogP contribution >= 0.6 is 0 Å². The van der Waals surface area contributed by atoms with Crippen LogP contribution in [0, 0.1) is 17.1 Å². The smallest absolute Gasteiger partial charge is 0.343 e. The summed E-state index contributed by atoms with van der Waals surface area (Å²) in [5.41, 5.74) is 0.585. The van der Waals surface area contributed by atoms with Gasteiger partial charge in [-0.15, -0.1) is 6.58 Å². The molecule has 2 aromatic carbocycles. The van der Waals surface area contributed by atoms with Crippen LogP contribution in [0.1, 0.15) is 15.9 Å². The van der Waals surface area contributed by atoms with Crippen LogP contribution in [0.3, 0.4) is 0 Å². The van der Waals surface area contributed by atoms with Gasteiger partial charge in [0.05, 0.1) is 12.7 Å². The Morgan fingerprint density at radius 2 is 1.93 bits per heavy atom. The van der Waals surface area contributed by atoms with Crippen LogP contribution in [0.2, 0.25) is 0 Å². The summed E-state index contributed by atoms with van der Waals surface area (Å²) in [6.45, 7) is 3.73. The molecule has 0 heterocycles. The highest BCUT2D eigenvalue weighted by molar-refractivity contribution is 6.01. The van der Waals surface area contributed by atoms with Crippen molar-refractivity contribution in [3.63, 3.8) is 0 Å². The third kappa shape index (κ3) is 5.29. The molecule has 0 atom stereocenters. The predicted molar refractivity (Wildman–Crippen MR) is 101 cm³/mol.